The third kappa shape index (κ3) is 2.02. The second-order valence-electron chi connectivity index (χ2n) is 3.91. The molecule has 0 aliphatic heterocycles. The van der Waals surface area contributed by atoms with E-state index in [2.05, 4.69) is 4.98 Å². The number of ether oxygens (including phenoxy) is 1. The number of H-pyrrole nitrogens is 1. The Labute approximate surface area is 98.2 Å². The van der Waals surface area contributed by atoms with E-state index in [1.54, 1.807) is 0 Å². The lowest BCUT2D eigenvalue weighted by atomic mass is 10.1. The number of nitrogens with one attached hydrogen (secondary N) is 1. The van der Waals surface area contributed by atoms with Crippen molar-refractivity contribution in [2.45, 2.75) is 19.8 Å². The van der Waals surface area contributed by atoms with Gasteiger partial charge in [-0.1, -0.05) is 13.3 Å². The molecule has 17 heavy (non-hydrogen) atoms. The third-order valence-electron chi connectivity index (χ3n) is 2.69. The molecule has 1 aromatic carbocycles. The van der Waals surface area contributed by atoms with E-state index in [-0.39, 0.29) is 16.3 Å². The van der Waals surface area contributed by atoms with Gasteiger partial charge in [-0.2, -0.15) is 0 Å². The number of aromatic nitrogens is 1. The molecule has 0 radical (unpaired) electrons. The summed E-state index contributed by atoms with van der Waals surface area (Å²) >= 11 is 0. The van der Waals surface area contributed by atoms with Crippen LogP contribution in [0.1, 0.15) is 19.0 Å². The topological polar surface area (TPSA) is 42.1 Å². The number of fused-ring (bicyclic) bond motifs is 1. The van der Waals surface area contributed by atoms with Crippen LogP contribution >= 0.6 is 0 Å². The van der Waals surface area contributed by atoms with Gasteiger partial charge >= 0.3 is 0 Å². The molecule has 0 fully saturated rings. The number of aryl methyl sites for hydroxylation is 1. The monoisotopic (exact) mass is 235 g/mol. The first kappa shape index (κ1) is 11.6. The summed E-state index contributed by atoms with van der Waals surface area (Å²) in [4.78, 5) is 14.9. The largest absolute Gasteiger partial charge is 0.496 e. The van der Waals surface area contributed by atoms with Gasteiger partial charge in [0.2, 0.25) is 0 Å². The molecule has 0 aliphatic rings. The minimum absolute atomic E-state index is 0.210. The lowest BCUT2D eigenvalue weighted by Gasteiger charge is -2.07. The summed E-state index contributed by atoms with van der Waals surface area (Å²) in [6.07, 6.45) is 1.62. The molecule has 0 unspecified atom stereocenters. The average Bonchev–Trinajstić information content (AvgIpc) is 2.31. The first-order valence-corrected chi connectivity index (χ1v) is 5.55. The Bertz CT molecular complexity index is 604. The maximum absolute atomic E-state index is 13.7. The van der Waals surface area contributed by atoms with Gasteiger partial charge in [0.25, 0.3) is 0 Å². The van der Waals surface area contributed by atoms with Gasteiger partial charge in [0.1, 0.15) is 11.6 Å². The van der Waals surface area contributed by atoms with Gasteiger partial charge in [-0.3, -0.25) is 4.79 Å². The summed E-state index contributed by atoms with van der Waals surface area (Å²) in [6.45, 7) is 2.00. The highest BCUT2D eigenvalue weighted by molar-refractivity contribution is 5.85. The number of halogens is 1. The maximum atomic E-state index is 13.7. The van der Waals surface area contributed by atoms with Crippen molar-refractivity contribution in [2.24, 2.45) is 0 Å². The van der Waals surface area contributed by atoms with Crippen molar-refractivity contribution >= 4 is 10.9 Å². The minimum Gasteiger partial charge on any atom is -0.496 e. The van der Waals surface area contributed by atoms with Crippen LogP contribution < -0.4 is 10.2 Å². The van der Waals surface area contributed by atoms with Gasteiger partial charge in [0, 0.05) is 11.8 Å². The zero-order valence-electron chi connectivity index (χ0n) is 9.84. The van der Waals surface area contributed by atoms with Gasteiger partial charge in [-0.15, -0.1) is 0 Å². The SMILES string of the molecule is CCCc1cc(=O)c2c(OC)ccc(F)c2[nH]1. The molecule has 0 saturated carbocycles. The van der Waals surface area contributed by atoms with Gasteiger partial charge < -0.3 is 9.72 Å². The highest BCUT2D eigenvalue weighted by Gasteiger charge is 2.11. The standard InChI is InChI=1S/C13H14FNO2/c1-3-4-8-7-10(16)12-11(17-2)6-5-9(14)13(12)15-8/h5-7H,3-4H2,1-2H3,(H,15,16). The van der Waals surface area contributed by atoms with E-state index >= 15 is 0 Å². The molecule has 4 heteroatoms. The van der Waals surface area contributed by atoms with Crippen LogP contribution in [0.4, 0.5) is 4.39 Å². The van der Waals surface area contributed by atoms with Crippen molar-refractivity contribution in [2.75, 3.05) is 7.11 Å². The van der Waals surface area contributed by atoms with Crippen LogP contribution in [0.5, 0.6) is 5.75 Å². The second kappa shape index (κ2) is 4.57. The Kier molecular flexibility index (Phi) is 3.13. The van der Waals surface area contributed by atoms with Gasteiger partial charge in [0.05, 0.1) is 18.0 Å². The predicted molar refractivity (Wildman–Crippen MR) is 65.1 cm³/mol. The summed E-state index contributed by atoms with van der Waals surface area (Å²) < 4.78 is 18.8. The number of rotatable bonds is 3. The number of aromatic amines is 1. The Morgan fingerprint density at radius 2 is 2.18 bits per heavy atom. The predicted octanol–water partition coefficient (Wildman–Crippen LogP) is 2.63. The summed E-state index contributed by atoms with van der Waals surface area (Å²) in [7, 11) is 1.46. The fourth-order valence-corrected chi connectivity index (χ4v) is 1.93. The van der Waals surface area contributed by atoms with Crippen molar-refractivity contribution in [1.29, 1.82) is 0 Å². The molecule has 3 nitrogen and oxygen atoms in total. The molecular weight excluding hydrogens is 221 g/mol. The number of methoxy groups -OCH3 is 1. The van der Waals surface area contributed by atoms with Crippen LogP contribution in [0.15, 0.2) is 23.0 Å². The molecule has 0 aliphatic carbocycles. The zero-order valence-corrected chi connectivity index (χ0v) is 9.84. The van der Waals surface area contributed by atoms with Crippen LogP contribution in [-0.4, -0.2) is 12.1 Å². The zero-order chi connectivity index (χ0) is 12.4. The minimum atomic E-state index is -0.434. The van der Waals surface area contributed by atoms with E-state index in [1.165, 1.54) is 25.3 Å². The molecule has 0 spiro atoms. The lowest BCUT2D eigenvalue weighted by Crippen LogP contribution is -2.07. The summed E-state index contributed by atoms with van der Waals surface area (Å²) in [5.41, 5.74) is 0.760. The van der Waals surface area contributed by atoms with E-state index in [4.69, 9.17) is 4.74 Å². The van der Waals surface area contributed by atoms with Crippen LogP contribution in [0.3, 0.4) is 0 Å². The molecule has 2 rings (SSSR count). The second-order valence-corrected chi connectivity index (χ2v) is 3.91. The van der Waals surface area contributed by atoms with Crippen molar-refractivity contribution in [3.63, 3.8) is 0 Å². The number of hydrogen-bond donors (Lipinski definition) is 1. The van der Waals surface area contributed by atoms with Crippen LogP contribution in [-0.2, 0) is 6.42 Å². The normalized spacial score (nSPS) is 10.8. The first-order chi connectivity index (χ1) is 8.17. The molecule has 0 bridgehead atoms. The van der Waals surface area contributed by atoms with Gasteiger partial charge in [-0.05, 0) is 18.6 Å². The molecule has 90 valence electrons. The van der Waals surface area contributed by atoms with Crippen LogP contribution in [0.25, 0.3) is 10.9 Å². The van der Waals surface area contributed by atoms with Crippen LogP contribution in [0.2, 0.25) is 0 Å². The van der Waals surface area contributed by atoms with Gasteiger partial charge in [-0.25, -0.2) is 4.39 Å². The van der Waals surface area contributed by atoms with E-state index in [9.17, 15) is 9.18 Å². The quantitative estimate of drug-likeness (QED) is 0.888. The van der Waals surface area contributed by atoms with Crippen molar-refractivity contribution in [3.05, 3.63) is 39.9 Å². The molecule has 1 aromatic heterocycles. The van der Waals surface area contributed by atoms with Crippen molar-refractivity contribution in [3.8, 4) is 5.75 Å². The molecule has 1 heterocycles. The molecule has 0 saturated heterocycles. The number of benzene rings is 1. The summed E-state index contributed by atoms with van der Waals surface area (Å²) in [5.74, 6) is -0.0402. The summed E-state index contributed by atoms with van der Waals surface area (Å²) in [6, 6.07) is 4.27. The van der Waals surface area contributed by atoms with Crippen molar-refractivity contribution < 1.29 is 9.13 Å². The number of pyridine rings is 1. The Balaban J connectivity index is 2.79. The summed E-state index contributed by atoms with van der Waals surface area (Å²) in [5, 5.41) is 0.271. The van der Waals surface area contributed by atoms with E-state index < -0.39 is 5.82 Å². The first-order valence-electron chi connectivity index (χ1n) is 5.55. The van der Waals surface area contributed by atoms with E-state index in [1.807, 2.05) is 6.92 Å². The fraction of sp³-hybridized carbons (Fsp3) is 0.308. The van der Waals surface area contributed by atoms with Crippen molar-refractivity contribution in [1.82, 2.24) is 4.98 Å². The smallest absolute Gasteiger partial charge is 0.193 e. The van der Waals surface area contributed by atoms with E-state index in [0.717, 1.165) is 18.5 Å². The molecule has 0 amide bonds. The lowest BCUT2D eigenvalue weighted by molar-refractivity contribution is 0.419. The Morgan fingerprint density at radius 3 is 2.82 bits per heavy atom. The highest BCUT2D eigenvalue weighted by Crippen LogP contribution is 2.23. The van der Waals surface area contributed by atoms with Crippen LogP contribution in [0, 0.1) is 5.82 Å². The molecule has 2 aromatic rings. The fourth-order valence-electron chi connectivity index (χ4n) is 1.93. The van der Waals surface area contributed by atoms with Gasteiger partial charge in [0.15, 0.2) is 5.43 Å². The van der Waals surface area contributed by atoms with E-state index in [0.29, 0.717) is 5.75 Å². The Hall–Kier alpha value is -1.84. The maximum Gasteiger partial charge on any atom is 0.193 e. The highest BCUT2D eigenvalue weighted by atomic mass is 19.1. The molecule has 0 atom stereocenters. The average molecular weight is 235 g/mol. The molecular formula is C13H14FNO2. The Morgan fingerprint density at radius 1 is 1.41 bits per heavy atom. The third-order valence-corrected chi connectivity index (χ3v) is 2.69. The number of hydrogen-bond acceptors (Lipinski definition) is 2. The molecule has 1 N–H and O–H groups in total.